The maximum atomic E-state index is 8.80. The standard InChI is InChI=1S/C5H5NOSe.Zn/c7-6-4-2-1-3-5(6)8;/h1-4,7H;. The van der Waals surface area contributed by atoms with Crippen LogP contribution in [-0.2, 0) is 19.5 Å². The van der Waals surface area contributed by atoms with E-state index >= 15 is 0 Å². The molecule has 1 aromatic rings. The first-order valence-corrected chi connectivity index (χ1v) is 3.03. The average molecular weight is 239 g/mol. The third-order valence-electron chi connectivity index (χ3n) is 0.803. The Morgan fingerprint density at radius 2 is 2.11 bits per heavy atom. The van der Waals surface area contributed by atoms with Gasteiger partial charge >= 0.3 is 54.1 Å². The molecule has 44 valence electrons. The van der Waals surface area contributed by atoms with Crippen LogP contribution in [0.25, 0.3) is 0 Å². The van der Waals surface area contributed by atoms with Crippen molar-refractivity contribution in [3.63, 3.8) is 0 Å². The number of hydrogen-bond acceptors (Lipinski definition) is 1. The first-order valence-electron chi connectivity index (χ1n) is 2.17. The maximum absolute atomic E-state index is 8.80. The zero-order chi connectivity index (χ0) is 5.98. The molecule has 0 unspecified atom stereocenters. The molecule has 0 aromatic carbocycles. The van der Waals surface area contributed by atoms with Gasteiger partial charge in [0.1, 0.15) is 0 Å². The van der Waals surface area contributed by atoms with Gasteiger partial charge in [0.25, 0.3) is 0 Å². The first-order chi connectivity index (χ1) is 3.80. The van der Waals surface area contributed by atoms with Crippen molar-refractivity contribution in [3.8, 4) is 0 Å². The zero-order valence-corrected chi connectivity index (χ0v) is 9.50. The summed E-state index contributed by atoms with van der Waals surface area (Å²) in [7, 11) is 0. The van der Waals surface area contributed by atoms with E-state index < -0.39 is 0 Å². The predicted octanol–water partition coefficient (Wildman–Crippen LogP) is 0.423. The minimum atomic E-state index is 0. The minimum Gasteiger partial charge on any atom is 0 e. The van der Waals surface area contributed by atoms with Crippen LogP contribution in [0.4, 0.5) is 0 Å². The molecule has 0 radical (unpaired) electrons. The molecule has 0 aliphatic carbocycles. The van der Waals surface area contributed by atoms with E-state index in [2.05, 4.69) is 15.6 Å². The molecule has 9 heavy (non-hydrogen) atoms. The van der Waals surface area contributed by atoms with E-state index in [0.717, 1.165) is 4.73 Å². The van der Waals surface area contributed by atoms with Crippen molar-refractivity contribution in [2.75, 3.05) is 0 Å². The third kappa shape index (κ3) is 2.44. The van der Waals surface area contributed by atoms with Crippen LogP contribution in [0, 0.1) is 4.19 Å². The predicted molar refractivity (Wildman–Crippen MR) is 30.6 cm³/mol. The molecule has 0 aliphatic rings. The second kappa shape index (κ2) is 4.00. The molecule has 0 spiro atoms. The Kier molecular flexibility index (Phi) is 4.04. The van der Waals surface area contributed by atoms with Gasteiger partial charge in [-0.25, -0.2) is 0 Å². The number of hydrogen-bond donors (Lipinski definition) is 1. The number of rotatable bonds is 0. The molecule has 0 aliphatic heterocycles. The van der Waals surface area contributed by atoms with Crippen molar-refractivity contribution >= 4 is 15.6 Å². The quantitative estimate of drug-likeness (QED) is 0.515. The van der Waals surface area contributed by atoms with Crippen molar-refractivity contribution in [2.45, 2.75) is 0 Å². The van der Waals surface area contributed by atoms with Crippen LogP contribution in [0.3, 0.4) is 0 Å². The fourth-order valence-corrected chi connectivity index (χ4v) is 0.711. The Labute approximate surface area is 73.6 Å². The minimum absolute atomic E-state index is 0. The fraction of sp³-hybridized carbons (Fsp3) is 0. The van der Waals surface area contributed by atoms with Crippen LogP contribution in [0.5, 0.6) is 0 Å². The largest absolute Gasteiger partial charge is 0 e. The summed E-state index contributed by atoms with van der Waals surface area (Å²) in [6, 6.07) is 5.37. The van der Waals surface area contributed by atoms with Crippen LogP contribution < -0.4 is 0 Å². The fourth-order valence-electron chi connectivity index (χ4n) is 0.419. The summed E-state index contributed by atoms with van der Waals surface area (Å²) in [6.45, 7) is 0. The van der Waals surface area contributed by atoms with Crippen LogP contribution in [-0.4, -0.2) is 25.5 Å². The van der Waals surface area contributed by atoms with Gasteiger partial charge in [0.15, 0.2) is 0 Å². The molecule has 0 atom stereocenters. The zero-order valence-electron chi connectivity index (χ0n) is 4.82. The van der Waals surface area contributed by atoms with Crippen LogP contribution in [0.2, 0.25) is 0 Å². The molecule has 4 heteroatoms. The van der Waals surface area contributed by atoms with Gasteiger partial charge in [-0.3, -0.25) is 0 Å². The van der Waals surface area contributed by atoms with Crippen molar-refractivity contribution < 1.29 is 24.7 Å². The molecule has 2 nitrogen and oxygen atoms in total. The second-order valence-electron chi connectivity index (χ2n) is 1.38. The molecule has 0 bridgehead atoms. The van der Waals surface area contributed by atoms with Gasteiger partial charge in [0, 0.05) is 19.5 Å². The molecular formula is C5H5NOSeZn. The Hall–Kier alpha value is 0.0929. The van der Waals surface area contributed by atoms with Gasteiger partial charge in [-0.2, -0.15) is 0 Å². The second-order valence-corrected chi connectivity index (χ2v) is 2.26. The van der Waals surface area contributed by atoms with Gasteiger partial charge in [0.05, 0.1) is 0 Å². The molecule has 1 heterocycles. The van der Waals surface area contributed by atoms with Crippen molar-refractivity contribution in [1.29, 1.82) is 0 Å². The van der Waals surface area contributed by atoms with Gasteiger partial charge < -0.3 is 0 Å². The van der Waals surface area contributed by atoms with Crippen LogP contribution in [0.1, 0.15) is 0 Å². The number of nitrogens with zero attached hydrogens (tertiary/aromatic N) is 1. The van der Waals surface area contributed by atoms with Crippen LogP contribution >= 0.6 is 0 Å². The topological polar surface area (TPSA) is 25.2 Å². The Bertz CT molecular complexity index is 234. The van der Waals surface area contributed by atoms with Crippen molar-refractivity contribution in [1.82, 2.24) is 4.73 Å². The van der Waals surface area contributed by atoms with E-state index in [1.807, 2.05) is 6.07 Å². The van der Waals surface area contributed by atoms with E-state index in [1.165, 1.54) is 0 Å². The summed E-state index contributed by atoms with van der Waals surface area (Å²) in [6.07, 6.45) is 1.56. The Morgan fingerprint density at radius 1 is 1.44 bits per heavy atom. The first kappa shape index (κ1) is 9.09. The SMILES string of the molecule is On1ccccc1=[Se].[Zn]. The van der Waals surface area contributed by atoms with Crippen LogP contribution in [0.15, 0.2) is 24.4 Å². The molecule has 0 fully saturated rings. The summed E-state index contributed by atoms with van der Waals surface area (Å²) < 4.78 is 1.74. The van der Waals surface area contributed by atoms with E-state index in [4.69, 9.17) is 5.21 Å². The average Bonchev–Trinajstić information content (AvgIpc) is 1.77. The number of aromatic nitrogens is 1. The maximum Gasteiger partial charge on any atom is 0 e. The normalized spacial score (nSPS) is 8.00. The van der Waals surface area contributed by atoms with E-state index in [-0.39, 0.29) is 19.5 Å². The summed E-state index contributed by atoms with van der Waals surface area (Å²) in [5.41, 5.74) is 0. The van der Waals surface area contributed by atoms with Gasteiger partial charge in [-0.05, 0) is 0 Å². The summed E-state index contributed by atoms with van der Waals surface area (Å²) in [5.74, 6) is 0. The Balaban J connectivity index is 0.000000640. The molecule has 0 saturated heterocycles. The smallest absolute Gasteiger partial charge is 0 e. The van der Waals surface area contributed by atoms with Gasteiger partial charge in [-0.15, -0.1) is 0 Å². The van der Waals surface area contributed by atoms with Gasteiger partial charge in [-0.1, -0.05) is 0 Å². The number of pyridine rings is 1. The van der Waals surface area contributed by atoms with E-state index in [0.29, 0.717) is 4.19 Å². The molecular weight excluding hydrogens is 234 g/mol. The summed E-state index contributed by atoms with van der Waals surface area (Å²) in [4.78, 5) is 0. The van der Waals surface area contributed by atoms with E-state index in [1.54, 1.807) is 18.3 Å². The molecule has 1 aromatic heterocycles. The molecule has 1 rings (SSSR count). The van der Waals surface area contributed by atoms with Gasteiger partial charge in [0.2, 0.25) is 0 Å². The monoisotopic (exact) mass is 239 g/mol. The van der Waals surface area contributed by atoms with E-state index in [9.17, 15) is 0 Å². The summed E-state index contributed by atoms with van der Waals surface area (Å²) in [5, 5.41) is 8.80. The molecule has 0 saturated carbocycles. The molecule has 1 N–H and O–H groups in total. The summed E-state index contributed by atoms with van der Waals surface area (Å²) >= 11 is 2.68. The molecule has 0 amide bonds. The van der Waals surface area contributed by atoms with Crippen molar-refractivity contribution in [3.05, 3.63) is 28.6 Å². The van der Waals surface area contributed by atoms with Crippen molar-refractivity contribution in [2.24, 2.45) is 0 Å². The Morgan fingerprint density at radius 3 is 2.44 bits per heavy atom. The third-order valence-corrected chi connectivity index (χ3v) is 1.48.